The number of thiazole rings is 1. The van der Waals surface area contributed by atoms with Crippen molar-refractivity contribution in [3.8, 4) is 0 Å². The minimum atomic E-state index is 0.623. The minimum Gasteiger partial charge on any atom is -0.426 e. The molecule has 0 spiro atoms. The Labute approximate surface area is 460 Å². The van der Waals surface area contributed by atoms with Crippen molar-refractivity contribution in [3.63, 3.8) is 0 Å². The van der Waals surface area contributed by atoms with E-state index >= 15 is 0 Å². The van der Waals surface area contributed by atoms with E-state index in [2.05, 4.69) is 84.6 Å². The van der Waals surface area contributed by atoms with Crippen LogP contribution in [0.15, 0.2) is 105 Å². The van der Waals surface area contributed by atoms with Gasteiger partial charge in [-0.2, -0.15) is 5.10 Å². The largest absolute Gasteiger partial charge is 0.426 e. The van der Waals surface area contributed by atoms with Crippen molar-refractivity contribution in [1.29, 1.82) is 0 Å². The summed E-state index contributed by atoms with van der Waals surface area (Å²) in [7, 11) is 5.70. The molecule has 9 aromatic heterocycles. The van der Waals surface area contributed by atoms with Crippen LogP contribution in [0.4, 0.5) is 0 Å². The van der Waals surface area contributed by atoms with Gasteiger partial charge in [0, 0.05) is 76.7 Å². The fourth-order valence-electron chi connectivity index (χ4n) is 2.43. The average Bonchev–Trinajstić information content (AvgIpc) is 4.30. The molecule has 24 heteroatoms. The van der Waals surface area contributed by atoms with E-state index < -0.39 is 0 Å². The van der Waals surface area contributed by atoms with Crippen molar-refractivity contribution >= 4 is 34.2 Å². The van der Waals surface area contributed by atoms with Gasteiger partial charge >= 0.3 is 0 Å². The number of rotatable bonds is 0. The first-order chi connectivity index (χ1) is 36.1. The number of aryl methyl sites for hydroxylation is 9. The molecule has 9 rings (SSSR count). The van der Waals surface area contributed by atoms with Gasteiger partial charge in [0.25, 0.3) is 0 Å². The topological polar surface area (TPSA) is 248 Å². The molecule has 9 aromatic rings. The summed E-state index contributed by atoms with van der Waals surface area (Å²) in [6, 6.07) is 0. The molecule has 0 radical (unpaired) electrons. The highest BCUT2D eigenvalue weighted by Gasteiger charge is 1.93. The first kappa shape index (κ1) is 90.5. The Kier molecular flexibility index (Phi) is 110. The van der Waals surface area contributed by atoms with E-state index in [0.29, 0.717) is 11.8 Å². The summed E-state index contributed by atoms with van der Waals surface area (Å²) in [6.07, 6.45) is 19.9. The third kappa shape index (κ3) is 82.6. The van der Waals surface area contributed by atoms with Crippen LogP contribution in [0.1, 0.15) is 172 Å². The SMILES string of the molecule is CC.CC.CC.CC.CC.CC.CC.CC.CC.CC.Cc1nnc(C)o1.Cc1nnc(C)s1.Cc1nonc1C.Cn1ccnc1.Cn1ccnc1.Cn1cncn1.c1cscn1.c1csnn1.c1ncon1. The van der Waals surface area contributed by atoms with Crippen molar-refractivity contribution < 1.29 is 13.6 Å². The molecule has 0 aromatic carbocycles. The summed E-state index contributed by atoms with van der Waals surface area (Å²) in [5.41, 5.74) is 3.51. The summed E-state index contributed by atoms with van der Waals surface area (Å²) in [5.74, 6) is 1.25. The minimum absolute atomic E-state index is 0.623. The predicted molar refractivity (Wildman–Crippen MR) is 314 cm³/mol. The highest BCUT2D eigenvalue weighted by molar-refractivity contribution is 7.11. The Morgan fingerprint density at radius 3 is 1.04 bits per heavy atom. The number of hydrogen-bond donors (Lipinski definition) is 0. The molecular weight excluding hydrogens is 997 g/mol. The normalized spacial score (nSPS) is 7.26. The monoisotopic (exact) mass is 1100 g/mol. The van der Waals surface area contributed by atoms with Crippen LogP contribution in [0.5, 0.6) is 0 Å². The third-order valence-corrected chi connectivity index (χ3v) is 6.56. The molecule has 0 aliphatic carbocycles. The molecule has 0 fully saturated rings. The lowest BCUT2D eigenvalue weighted by molar-refractivity contribution is 0.302. The first-order valence-electron chi connectivity index (χ1n) is 25.2. The van der Waals surface area contributed by atoms with Crippen molar-refractivity contribution in [2.75, 3.05) is 0 Å². The van der Waals surface area contributed by atoms with Gasteiger partial charge in [0.15, 0.2) is 6.33 Å². The van der Waals surface area contributed by atoms with Gasteiger partial charge in [-0.1, -0.05) is 158 Å². The molecule has 9 heterocycles. The van der Waals surface area contributed by atoms with E-state index in [9.17, 15) is 0 Å². The standard InChI is InChI=1S/2C4H6N2O.C4H6N2S.2C4H6N2.C3H5N3.C3H3NS.C2H2N2O.C2H2N2S.10C2H6/c1-3-5-6-4(2)7-3;1-3-4(2)6-7-5-3;1-3-5-6-4(2)7-3;2*1-6-3-2-5-4-6;1-6-3-4-2-5-6;1-2-5-3-4-1;1-3-2-5-4-1;1-2-5-4-3-1;10*1-2/h3*1-2H3;2*2-4H,1H3;2-3H,1H3;1-3H;2*1-2H;10*1-2H3. The molecule has 428 valence electrons. The molecule has 0 aliphatic heterocycles. The molecule has 0 atom stereocenters. The summed E-state index contributed by atoms with van der Waals surface area (Å²) in [5, 5.41) is 38.1. The smallest absolute Gasteiger partial charge is 0.213 e. The fraction of sp³-hybridized carbons (Fsp3) is 0.580. The Bertz CT molecular complexity index is 1710. The molecule has 0 bridgehead atoms. The zero-order valence-electron chi connectivity index (χ0n) is 51.2. The van der Waals surface area contributed by atoms with E-state index in [1.54, 1.807) is 90.5 Å². The van der Waals surface area contributed by atoms with E-state index in [1.807, 2.05) is 220 Å². The van der Waals surface area contributed by atoms with Crippen molar-refractivity contribution in [2.45, 2.75) is 180 Å². The Balaban J connectivity index is -0.0000000748. The highest BCUT2D eigenvalue weighted by atomic mass is 32.1. The number of nitrogens with zero attached hydrogens (tertiary/aromatic N) is 18. The van der Waals surface area contributed by atoms with Crippen LogP contribution in [-0.4, -0.2) is 89.3 Å². The van der Waals surface area contributed by atoms with Crippen molar-refractivity contribution in [3.05, 3.63) is 125 Å². The summed E-state index contributed by atoms with van der Waals surface area (Å²) >= 11 is 4.57. The molecule has 74 heavy (non-hydrogen) atoms. The molecular formula is C50H102N18O3S3. The lowest BCUT2D eigenvalue weighted by Crippen LogP contribution is -1.83. The van der Waals surface area contributed by atoms with Crippen LogP contribution in [0.2, 0.25) is 0 Å². The fourth-order valence-corrected chi connectivity index (χ4v) is 3.65. The van der Waals surface area contributed by atoms with Crippen LogP contribution in [-0.2, 0) is 21.1 Å². The Morgan fingerprint density at radius 1 is 0.473 bits per heavy atom. The zero-order chi connectivity index (χ0) is 59.7. The maximum absolute atomic E-state index is 4.86. The van der Waals surface area contributed by atoms with Gasteiger partial charge in [-0.3, -0.25) is 9.67 Å². The van der Waals surface area contributed by atoms with Crippen molar-refractivity contribution in [1.82, 2.24) is 89.3 Å². The lowest BCUT2D eigenvalue weighted by atomic mass is 10.4. The molecule has 0 unspecified atom stereocenters. The molecule has 0 aliphatic rings. The van der Waals surface area contributed by atoms with Crippen LogP contribution < -0.4 is 0 Å². The number of aromatic nitrogens is 18. The van der Waals surface area contributed by atoms with E-state index in [1.165, 1.54) is 30.6 Å². The molecule has 0 amide bonds. The van der Waals surface area contributed by atoms with E-state index in [-0.39, 0.29) is 0 Å². The predicted octanol–water partition coefficient (Wildman–Crippen LogP) is 15.2. The van der Waals surface area contributed by atoms with Crippen LogP contribution in [0, 0.1) is 41.5 Å². The van der Waals surface area contributed by atoms with Gasteiger partial charge in [-0.15, -0.1) is 48.2 Å². The second kappa shape index (κ2) is 89.6. The van der Waals surface area contributed by atoms with Crippen molar-refractivity contribution in [2.24, 2.45) is 21.1 Å². The number of hydrogen-bond acceptors (Lipinski definition) is 21. The maximum atomic E-state index is 4.86. The molecule has 0 saturated carbocycles. The quantitative estimate of drug-likeness (QED) is 0.137. The second-order valence-corrected chi connectivity index (χ2v) is 12.3. The first-order valence-corrected chi connectivity index (χ1v) is 27.8. The molecule has 0 saturated heterocycles. The van der Waals surface area contributed by atoms with E-state index in [4.69, 9.17) is 4.42 Å². The zero-order valence-corrected chi connectivity index (χ0v) is 53.6. The van der Waals surface area contributed by atoms with Gasteiger partial charge in [0.05, 0.1) is 24.4 Å². The second-order valence-electron chi connectivity index (χ2n) is 9.48. The highest BCUT2D eigenvalue weighted by Crippen LogP contribution is 2.04. The molecule has 21 nitrogen and oxygen atoms in total. The van der Waals surface area contributed by atoms with Gasteiger partial charge in [-0.25, -0.2) is 24.6 Å². The number of imidazole rings is 2. The molecule has 0 N–H and O–H groups in total. The van der Waals surface area contributed by atoms with Crippen LogP contribution in [0.25, 0.3) is 0 Å². The van der Waals surface area contributed by atoms with Gasteiger partial charge in [-0.05, 0) is 39.2 Å². The summed E-state index contributed by atoms with van der Waals surface area (Å²) < 4.78 is 22.4. The third-order valence-electron chi connectivity index (χ3n) is 4.85. The van der Waals surface area contributed by atoms with Crippen LogP contribution in [0.3, 0.4) is 0 Å². The average molecular weight is 1100 g/mol. The maximum Gasteiger partial charge on any atom is 0.213 e. The van der Waals surface area contributed by atoms with Gasteiger partial charge in [0.2, 0.25) is 18.2 Å². The summed E-state index contributed by atoms with van der Waals surface area (Å²) in [4.78, 5) is 18.4. The van der Waals surface area contributed by atoms with Gasteiger partial charge in [0.1, 0.15) is 34.1 Å². The van der Waals surface area contributed by atoms with E-state index in [0.717, 1.165) is 21.4 Å². The Morgan fingerprint density at radius 2 is 0.932 bits per heavy atom. The van der Waals surface area contributed by atoms with Crippen LogP contribution >= 0.6 is 34.2 Å². The van der Waals surface area contributed by atoms with Gasteiger partial charge < -0.3 is 18.1 Å². The summed E-state index contributed by atoms with van der Waals surface area (Å²) in [6.45, 7) is 51.1. The Hall–Kier alpha value is -6.27. The lowest BCUT2D eigenvalue weighted by Gasteiger charge is -1.76.